The lowest BCUT2D eigenvalue weighted by Crippen LogP contribution is -2.30. The van der Waals surface area contributed by atoms with Gasteiger partial charge in [0, 0.05) is 24.8 Å². The molecule has 0 aliphatic heterocycles. The Labute approximate surface area is 94.2 Å². The average molecular weight is 275 g/mol. The number of Topliss-reactive ketones (excluding diaryl/α,β-unsaturated/α-hetero) is 1. The predicted molar refractivity (Wildman–Crippen MR) is 54.9 cm³/mol. The van der Waals surface area contributed by atoms with Crippen molar-refractivity contribution in [1.82, 2.24) is 9.88 Å². The summed E-state index contributed by atoms with van der Waals surface area (Å²) in [5, 5.41) is 0. The van der Waals surface area contributed by atoms with E-state index >= 15 is 0 Å². The van der Waals surface area contributed by atoms with Crippen LogP contribution in [0.5, 0.6) is 0 Å². The molecule has 0 N–H and O–H groups in total. The zero-order chi connectivity index (χ0) is 11.6. The summed E-state index contributed by atoms with van der Waals surface area (Å²) < 4.78 is 13.6. The summed E-state index contributed by atoms with van der Waals surface area (Å²) in [7, 11) is 2.84. The van der Waals surface area contributed by atoms with Crippen LogP contribution in [0.4, 0.5) is 4.39 Å². The molecule has 0 aliphatic rings. The third-order valence-corrected chi connectivity index (χ3v) is 2.08. The molecule has 1 rings (SSSR count). The van der Waals surface area contributed by atoms with Crippen molar-refractivity contribution in [3.05, 3.63) is 28.2 Å². The van der Waals surface area contributed by atoms with E-state index in [1.165, 1.54) is 26.4 Å². The first-order valence-corrected chi connectivity index (χ1v) is 4.80. The molecule has 0 bridgehead atoms. The molecule has 1 aromatic rings. The van der Waals surface area contributed by atoms with E-state index in [0.717, 1.165) is 4.90 Å². The van der Waals surface area contributed by atoms with Crippen LogP contribution in [-0.4, -0.2) is 35.7 Å². The van der Waals surface area contributed by atoms with Crippen LogP contribution in [-0.2, 0) is 4.79 Å². The molecule has 1 heterocycles. The summed E-state index contributed by atoms with van der Waals surface area (Å²) in [6, 6.07) is 1.23. The van der Waals surface area contributed by atoms with Crippen LogP contribution in [0.1, 0.15) is 10.4 Å². The minimum absolute atomic E-state index is 0.330. The third kappa shape index (κ3) is 2.59. The highest BCUT2D eigenvalue weighted by atomic mass is 79.9. The SMILES string of the molecule is CN(C)C(=O)C(=O)c1cc(Br)cnc1F. The maximum atomic E-state index is 13.1. The van der Waals surface area contributed by atoms with Crippen molar-refractivity contribution in [2.24, 2.45) is 0 Å². The number of aromatic nitrogens is 1. The highest BCUT2D eigenvalue weighted by molar-refractivity contribution is 9.10. The Kier molecular flexibility index (Phi) is 3.52. The van der Waals surface area contributed by atoms with Gasteiger partial charge < -0.3 is 4.90 Å². The van der Waals surface area contributed by atoms with Gasteiger partial charge in [0.1, 0.15) is 0 Å². The predicted octanol–water partition coefficient (Wildman–Crippen LogP) is 1.25. The van der Waals surface area contributed by atoms with Crippen LogP contribution in [0, 0.1) is 5.95 Å². The largest absolute Gasteiger partial charge is 0.342 e. The number of nitrogens with zero attached hydrogens (tertiary/aromatic N) is 2. The molecular weight excluding hydrogens is 267 g/mol. The lowest BCUT2D eigenvalue weighted by molar-refractivity contribution is -0.124. The van der Waals surface area contributed by atoms with Crippen LogP contribution in [0.2, 0.25) is 0 Å². The number of likely N-dealkylation sites (N-methyl/N-ethyl adjacent to an activating group) is 1. The standard InChI is InChI=1S/C9H8BrFN2O2/c1-13(2)9(15)7(14)6-3-5(10)4-12-8(6)11/h3-4H,1-2H3. The van der Waals surface area contributed by atoms with Gasteiger partial charge in [-0.2, -0.15) is 4.39 Å². The zero-order valence-corrected chi connectivity index (χ0v) is 9.71. The molecule has 0 aliphatic carbocycles. The Morgan fingerprint density at radius 2 is 2.07 bits per heavy atom. The van der Waals surface area contributed by atoms with E-state index in [4.69, 9.17) is 0 Å². The smallest absolute Gasteiger partial charge is 0.294 e. The lowest BCUT2D eigenvalue weighted by Gasteiger charge is -2.08. The quantitative estimate of drug-likeness (QED) is 0.463. The van der Waals surface area contributed by atoms with Gasteiger partial charge in [-0.05, 0) is 22.0 Å². The molecule has 0 radical (unpaired) electrons. The Morgan fingerprint density at radius 3 is 2.60 bits per heavy atom. The third-order valence-electron chi connectivity index (χ3n) is 1.65. The van der Waals surface area contributed by atoms with Crippen molar-refractivity contribution in [3.63, 3.8) is 0 Å². The molecule has 4 nitrogen and oxygen atoms in total. The fraction of sp³-hybridized carbons (Fsp3) is 0.222. The molecule has 0 aromatic carbocycles. The van der Waals surface area contributed by atoms with Crippen LogP contribution in [0.25, 0.3) is 0 Å². The summed E-state index contributed by atoms with van der Waals surface area (Å²) in [6.07, 6.45) is 1.21. The van der Waals surface area contributed by atoms with Gasteiger partial charge in [0.25, 0.3) is 11.7 Å². The van der Waals surface area contributed by atoms with Crippen molar-refractivity contribution in [2.75, 3.05) is 14.1 Å². The first-order chi connectivity index (χ1) is 6.93. The van der Waals surface area contributed by atoms with E-state index < -0.39 is 17.6 Å². The minimum atomic E-state index is -0.946. The fourth-order valence-electron chi connectivity index (χ4n) is 0.900. The maximum Gasteiger partial charge on any atom is 0.294 e. The summed E-state index contributed by atoms with van der Waals surface area (Å²) in [6.45, 7) is 0. The highest BCUT2D eigenvalue weighted by Gasteiger charge is 2.22. The summed E-state index contributed by atoms with van der Waals surface area (Å²) in [4.78, 5) is 27.2. The first-order valence-electron chi connectivity index (χ1n) is 4.00. The van der Waals surface area contributed by atoms with Gasteiger partial charge >= 0.3 is 0 Å². The fourth-order valence-corrected chi connectivity index (χ4v) is 1.23. The van der Waals surface area contributed by atoms with Gasteiger partial charge in [-0.25, -0.2) is 4.98 Å². The van der Waals surface area contributed by atoms with Crippen LogP contribution in [0.15, 0.2) is 16.7 Å². The Hall–Kier alpha value is -1.30. The van der Waals surface area contributed by atoms with E-state index in [9.17, 15) is 14.0 Å². The second-order valence-electron chi connectivity index (χ2n) is 3.02. The van der Waals surface area contributed by atoms with Crippen molar-refractivity contribution < 1.29 is 14.0 Å². The van der Waals surface area contributed by atoms with Gasteiger partial charge in [0.05, 0.1) is 5.56 Å². The monoisotopic (exact) mass is 274 g/mol. The number of ketones is 1. The first kappa shape index (κ1) is 11.8. The number of rotatable bonds is 2. The average Bonchev–Trinajstić information content (AvgIpc) is 2.19. The number of halogens is 2. The number of hydrogen-bond acceptors (Lipinski definition) is 3. The molecule has 0 saturated heterocycles. The van der Waals surface area contributed by atoms with Crippen LogP contribution in [0.3, 0.4) is 0 Å². The zero-order valence-electron chi connectivity index (χ0n) is 8.12. The molecule has 1 amide bonds. The summed E-state index contributed by atoms with van der Waals surface area (Å²) in [5.74, 6) is -2.64. The van der Waals surface area contributed by atoms with Crippen LogP contribution < -0.4 is 0 Å². The number of amides is 1. The molecular formula is C9H8BrFN2O2. The van der Waals surface area contributed by atoms with Crippen molar-refractivity contribution in [2.45, 2.75) is 0 Å². The number of carbonyl (C=O) groups excluding carboxylic acids is 2. The van der Waals surface area contributed by atoms with Gasteiger partial charge in [-0.3, -0.25) is 9.59 Å². The highest BCUT2D eigenvalue weighted by Crippen LogP contribution is 2.14. The second kappa shape index (κ2) is 4.48. The van der Waals surface area contributed by atoms with E-state index in [1.807, 2.05) is 0 Å². The van der Waals surface area contributed by atoms with E-state index in [0.29, 0.717) is 4.47 Å². The summed E-state index contributed by atoms with van der Waals surface area (Å²) in [5.41, 5.74) is -0.330. The minimum Gasteiger partial charge on any atom is -0.342 e. The van der Waals surface area contributed by atoms with E-state index in [-0.39, 0.29) is 5.56 Å². The molecule has 0 spiro atoms. The van der Waals surface area contributed by atoms with Crippen LogP contribution >= 0.6 is 15.9 Å². The Morgan fingerprint density at radius 1 is 1.47 bits per heavy atom. The topological polar surface area (TPSA) is 50.3 Å². The van der Waals surface area contributed by atoms with Crippen molar-refractivity contribution >= 4 is 27.6 Å². The van der Waals surface area contributed by atoms with E-state index in [2.05, 4.69) is 20.9 Å². The maximum absolute atomic E-state index is 13.1. The normalized spacial score (nSPS) is 9.87. The molecule has 0 saturated carbocycles. The lowest BCUT2D eigenvalue weighted by atomic mass is 10.1. The number of pyridine rings is 1. The Bertz CT molecular complexity index is 421. The van der Waals surface area contributed by atoms with Gasteiger partial charge in [0.15, 0.2) is 0 Å². The number of hydrogen-bond donors (Lipinski definition) is 0. The molecule has 1 aromatic heterocycles. The molecule has 0 unspecified atom stereocenters. The molecule has 0 atom stereocenters. The molecule has 6 heteroatoms. The molecule has 15 heavy (non-hydrogen) atoms. The van der Waals surface area contributed by atoms with Gasteiger partial charge in [0.2, 0.25) is 5.95 Å². The molecule has 0 fully saturated rings. The van der Waals surface area contributed by atoms with Crippen molar-refractivity contribution in [1.29, 1.82) is 0 Å². The van der Waals surface area contributed by atoms with Gasteiger partial charge in [-0.15, -0.1) is 0 Å². The Balaban J connectivity index is 3.11. The molecule has 80 valence electrons. The summed E-state index contributed by atoms with van der Waals surface area (Å²) >= 11 is 3.04. The van der Waals surface area contributed by atoms with Crippen molar-refractivity contribution in [3.8, 4) is 0 Å². The number of carbonyl (C=O) groups is 2. The van der Waals surface area contributed by atoms with Gasteiger partial charge in [-0.1, -0.05) is 0 Å². The second-order valence-corrected chi connectivity index (χ2v) is 3.94. The van der Waals surface area contributed by atoms with E-state index in [1.54, 1.807) is 0 Å².